The summed E-state index contributed by atoms with van der Waals surface area (Å²) in [5, 5.41) is 9.34. The molecule has 1 aromatic carbocycles. The van der Waals surface area contributed by atoms with E-state index in [1.165, 1.54) is 18.2 Å². The largest absolute Gasteiger partial charge is 0.390 e. The first kappa shape index (κ1) is 13.9. The molecule has 5 heteroatoms. The van der Waals surface area contributed by atoms with Gasteiger partial charge in [-0.15, -0.1) is 6.58 Å². The second-order valence-corrected chi connectivity index (χ2v) is 5.35. The number of benzene rings is 1. The van der Waals surface area contributed by atoms with Crippen molar-refractivity contribution in [2.75, 3.05) is 6.61 Å². The van der Waals surface area contributed by atoms with Crippen molar-refractivity contribution in [2.24, 2.45) is 0 Å². The lowest BCUT2D eigenvalue weighted by atomic mass is 10.2. The van der Waals surface area contributed by atoms with Gasteiger partial charge < -0.3 is 5.11 Å². The number of aliphatic hydroxyl groups excluding tert-OH is 1. The van der Waals surface area contributed by atoms with Crippen molar-refractivity contribution >= 4 is 10.1 Å². The fourth-order valence-corrected chi connectivity index (χ4v) is 2.14. The molecule has 0 saturated carbocycles. The van der Waals surface area contributed by atoms with Crippen molar-refractivity contribution < 1.29 is 17.7 Å². The van der Waals surface area contributed by atoms with Crippen LogP contribution in [0.5, 0.6) is 0 Å². The summed E-state index contributed by atoms with van der Waals surface area (Å²) >= 11 is 0. The predicted octanol–water partition coefficient (Wildman–Crippen LogP) is 1.64. The van der Waals surface area contributed by atoms with Crippen LogP contribution in [-0.2, 0) is 14.3 Å². The average Bonchev–Trinajstić information content (AvgIpc) is 2.28. The molecule has 0 aromatic heterocycles. The first-order valence-electron chi connectivity index (χ1n) is 5.21. The summed E-state index contributed by atoms with van der Waals surface area (Å²) < 4.78 is 28.1. The van der Waals surface area contributed by atoms with Gasteiger partial charge in [0.15, 0.2) is 0 Å². The van der Waals surface area contributed by atoms with Crippen molar-refractivity contribution in [3.05, 3.63) is 42.5 Å². The monoisotopic (exact) mass is 256 g/mol. The minimum Gasteiger partial charge on any atom is -0.390 e. The van der Waals surface area contributed by atoms with Gasteiger partial charge in [-0.05, 0) is 25.5 Å². The molecule has 94 valence electrons. The SMILES string of the molecule is C=CCC(O)COS(=O)(=O)c1ccc(C)cc1. The molecule has 0 spiro atoms. The van der Waals surface area contributed by atoms with E-state index in [-0.39, 0.29) is 11.5 Å². The van der Waals surface area contributed by atoms with Crippen LogP contribution in [0.15, 0.2) is 41.8 Å². The Morgan fingerprint density at radius 3 is 2.53 bits per heavy atom. The third-order valence-corrected chi connectivity index (χ3v) is 3.46. The highest BCUT2D eigenvalue weighted by atomic mass is 32.2. The summed E-state index contributed by atoms with van der Waals surface area (Å²) in [6, 6.07) is 6.34. The van der Waals surface area contributed by atoms with Gasteiger partial charge in [0.2, 0.25) is 0 Å². The molecule has 17 heavy (non-hydrogen) atoms. The van der Waals surface area contributed by atoms with E-state index in [2.05, 4.69) is 6.58 Å². The lowest BCUT2D eigenvalue weighted by Gasteiger charge is -2.09. The Kier molecular flexibility index (Phi) is 4.86. The van der Waals surface area contributed by atoms with Crippen LogP contribution in [0.3, 0.4) is 0 Å². The van der Waals surface area contributed by atoms with Crippen LogP contribution >= 0.6 is 0 Å². The van der Waals surface area contributed by atoms with E-state index in [0.717, 1.165) is 5.56 Å². The van der Waals surface area contributed by atoms with Gasteiger partial charge >= 0.3 is 0 Å². The molecule has 1 unspecified atom stereocenters. The molecule has 0 aliphatic rings. The first-order valence-corrected chi connectivity index (χ1v) is 6.61. The summed E-state index contributed by atoms with van der Waals surface area (Å²) in [5.74, 6) is 0. The summed E-state index contributed by atoms with van der Waals surface area (Å²) in [6.07, 6.45) is 0.948. The lowest BCUT2D eigenvalue weighted by molar-refractivity contribution is 0.113. The Morgan fingerprint density at radius 1 is 1.41 bits per heavy atom. The third-order valence-electron chi connectivity index (χ3n) is 2.16. The number of aryl methyl sites for hydroxylation is 1. The van der Waals surface area contributed by atoms with Crippen molar-refractivity contribution in [1.82, 2.24) is 0 Å². The zero-order chi connectivity index (χ0) is 12.9. The molecule has 0 radical (unpaired) electrons. The van der Waals surface area contributed by atoms with Crippen LogP contribution < -0.4 is 0 Å². The Labute approximate surface area is 102 Å². The number of hydrogen-bond donors (Lipinski definition) is 1. The van der Waals surface area contributed by atoms with E-state index in [9.17, 15) is 13.5 Å². The van der Waals surface area contributed by atoms with Gasteiger partial charge in [-0.2, -0.15) is 8.42 Å². The van der Waals surface area contributed by atoms with Crippen LogP contribution in [0.2, 0.25) is 0 Å². The molecule has 4 nitrogen and oxygen atoms in total. The van der Waals surface area contributed by atoms with Crippen LogP contribution in [-0.4, -0.2) is 26.2 Å². The van der Waals surface area contributed by atoms with Crippen molar-refractivity contribution in [3.8, 4) is 0 Å². The van der Waals surface area contributed by atoms with Crippen molar-refractivity contribution in [3.63, 3.8) is 0 Å². The van der Waals surface area contributed by atoms with Gasteiger partial charge in [0.1, 0.15) is 0 Å². The molecular weight excluding hydrogens is 240 g/mol. The molecule has 0 bridgehead atoms. The van der Waals surface area contributed by atoms with Crippen molar-refractivity contribution in [1.29, 1.82) is 0 Å². The van der Waals surface area contributed by atoms with E-state index in [1.54, 1.807) is 12.1 Å². The van der Waals surface area contributed by atoms with Gasteiger partial charge in [0, 0.05) is 0 Å². The molecule has 0 aliphatic heterocycles. The Balaban J connectivity index is 2.69. The quantitative estimate of drug-likeness (QED) is 0.620. The number of hydrogen-bond acceptors (Lipinski definition) is 4. The first-order chi connectivity index (χ1) is 7.95. The van der Waals surface area contributed by atoms with E-state index in [4.69, 9.17) is 4.18 Å². The van der Waals surface area contributed by atoms with Crippen LogP contribution in [0.1, 0.15) is 12.0 Å². The third kappa shape index (κ3) is 4.30. The maximum atomic E-state index is 11.7. The molecule has 0 fully saturated rings. The van der Waals surface area contributed by atoms with E-state index in [1.807, 2.05) is 6.92 Å². The fraction of sp³-hybridized carbons (Fsp3) is 0.333. The highest BCUT2D eigenvalue weighted by molar-refractivity contribution is 7.86. The number of aliphatic hydroxyl groups is 1. The van der Waals surface area contributed by atoms with Crippen molar-refractivity contribution in [2.45, 2.75) is 24.3 Å². The summed E-state index contributed by atoms with van der Waals surface area (Å²) in [7, 11) is -3.78. The predicted molar refractivity (Wildman–Crippen MR) is 65.1 cm³/mol. The van der Waals surface area contributed by atoms with Gasteiger partial charge in [0.25, 0.3) is 10.1 Å². The zero-order valence-corrected chi connectivity index (χ0v) is 10.5. The van der Waals surface area contributed by atoms with Gasteiger partial charge in [-0.1, -0.05) is 23.8 Å². The summed E-state index contributed by atoms with van der Waals surface area (Å²) in [6.45, 7) is 5.05. The standard InChI is InChI=1S/C12H16O4S/c1-3-4-11(13)9-16-17(14,15)12-7-5-10(2)6-8-12/h3,5-8,11,13H,1,4,9H2,2H3. The fourth-order valence-electron chi connectivity index (χ4n) is 1.20. The Morgan fingerprint density at radius 2 is 2.00 bits per heavy atom. The molecule has 0 saturated heterocycles. The molecule has 1 rings (SSSR count). The van der Waals surface area contributed by atoms with Crippen LogP contribution in [0.4, 0.5) is 0 Å². The lowest BCUT2D eigenvalue weighted by Crippen LogP contribution is -2.18. The molecular formula is C12H16O4S. The second kappa shape index (κ2) is 5.95. The Bertz CT molecular complexity index is 462. The van der Waals surface area contributed by atoms with Gasteiger partial charge in [0.05, 0.1) is 17.6 Å². The normalized spacial score (nSPS) is 13.3. The Hall–Kier alpha value is -1.17. The van der Waals surface area contributed by atoms with E-state index < -0.39 is 16.2 Å². The van der Waals surface area contributed by atoms with Gasteiger partial charge in [-0.3, -0.25) is 4.18 Å². The minimum absolute atomic E-state index is 0.0916. The topological polar surface area (TPSA) is 63.6 Å². The van der Waals surface area contributed by atoms with Crippen LogP contribution in [0.25, 0.3) is 0 Å². The van der Waals surface area contributed by atoms with E-state index in [0.29, 0.717) is 6.42 Å². The second-order valence-electron chi connectivity index (χ2n) is 3.73. The smallest absolute Gasteiger partial charge is 0.297 e. The molecule has 0 heterocycles. The number of rotatable bonds is 6. The van der Waals surface area contributed by atoms with Gasteiger partial charge in [-0.25, -0.2) is 0 Å². The zero-order valence-electron chi connectivity index (χ0n) is 9.67. The molecule has 1 N–H and O–H groups in total. The minimum atomic E-state index is -3.78. The van der Waals surface area contributed by atoms with Crippen LogP contribution in [0, 0.1) is 6.92 Å². The highest BCUT2D eigenvalue weighted by Crippen LogP contribution is 2.13. The highest BCUT2D eigenvalue weighted by Gasteiger charge is 2.16. The maximum Gasteiger partial charge on any atom is 0.297 e. The molecule has 0 aliphatic carbocycles. The molecule has 1 aromatic rings. The maximum absolute atomic E-state index is 11.7. The summed E-state index contributed by atoms with van der Waals surface area (Å²) in [4.78, 5) is 0.0916. The summed E-state index contributed by atoms with van der Waals surface area (Å²) in [5.41, 5.74) is 0.968. The average molecular weight is 256 g/mol. The van der Waals surface area contributed by atoms with E-state index >= 15 is 0 Å². The molecule has 0 amide bonds. The molecule has 1 atom stereocenters.